The van der Waals surface area contributed by atoms with Crippen LogP contribution in [0.1, 0.15) is 79.1 Å². The zero-order valence-corrected chi connectivity index (χ0v) is 18.8. The van der Waals surface area contributed by atoms with Gasteiger partial charge in [-0.25, -0.2) is 0 Å². The molecule has 4 nitrogen and oxygen atoms in total. The van der Waals surface area contributed by atoms with E-state index in [1.165, 1.54) is 38.5 Å². The Morgan fingerprint density at radius 3 is 2.66 bits per heavy atom. The molecule has 3 heterocycles. The van der Waals surface area contributed by atoms with Crippen molar-refractivity contribution in [3.8, 4) is 0 Å². The van der Waals surface area contributed by atoms with E-state index in [9.17, 15) is 4.79 Å². The van der Waals surface area contributed by atoms with Crippen LogP contribution in [0.2, 0.25) is 0 Å². The second-order valence-electron chi connectivity index (χ2n) is 13.2. The van der Waals surface area contributed by atoms with Gasteiger partial charge in [0.1, 0.15) is 6.10 Å². The van der Waals surface area contributed by atoms with E-state index in [0.717, 1.165) is 32.5 Å². The van der Waals surface area contributed by atoms with Gasteiger partial charge in [0, 0.05) is 25.0 Å². The molecule has 1 spiro atoms. The summed E-state index contributed by atoms with van der Waals surface area (Å²) in [6, 6.07) is 0.650. The highest BCUT2D eigenvalue weighted by Gasteiger charge is 2.65. The summed E-state index contributed by atoms with van der Waals surface area (Å²) in [6.07, 6.45) is 10.0. The lowest BCUT2D eigenvalue weighted by atomic mass is 9.53. The predicted molar refractivity (Wildman–Crippen MR) is 111 cm³/mol. The third-order valence-corrected chi connectivity index (χ3v) is 10.0. The smallest absolute Gasteiger partial charge is 0.310 e. The van der Waals surface area contributed by atoms with Crippen LogP contribution in [0.5, 0.6) is 0 Å². The van der Waals surface area contributed by atoms with Gasteiger partial charge in [-0.2, -0.15) is 0 Å². The van der Waals surface area contributed by atoms with Crippen molar-refractivity contribution in [1.82, 2.24) is 4.90 Å². The first-order valence-electron chi connectivity index (χ1n) is 12.2. The zero-order valence-electron chi connectivity index (χ0n) is 18.8. The van der Waals surface area contributed by atoms with Gasteiger partial charge in [0.15, 0.2) is 0 Å². The van der Waals surface area contributed by atoms with E-state index < -0.39 is 0 Å². The van der Waals surface area contributed by atoms with E-state index >= 15 is 0 Å². The van der Waals surface area contributed by atoms with E-state index in [0.29, 0.717) is 34.1 Å². The normalized spacial score (nSPS) is 55.4. The van der Waals surface area contributed by atoms with Gasteiger partial charge < -0.3 is 9.47 Å². The molecule has 4 heteroatoms. The molecule has 0 aromatic carbocycles. The van der Waals surface area contributed by atoms with Gasteiger partial charge in [-0.1, -0.05) is 27.7 Å². The molecule has 3 aliphatic heterocycles. The molecule has 29 heavy (non-hydrogen) atoms. The summed E-state index contributed by atoms with van der Waals surface area (Å²) in [6.45, 7) is 12.8. The minimum absolute atomic E-state index is 0.0772. The van der Waals surface area contributed by atoms with Gasteiger partial charge in [0.25, 0.3) is 0 Å². The molecule has 0 aromatic rings. The number of rotatable bonds is 2. The summed E-state index contributed by atoms with van der Waals surface area (Å²) in [4.78, 5) is 15.7. The first kappa shape index (κ1) is 19.1. The van der Waals surface area contributed by atoms with Crippen LogP contribution in [0.25, 0.3) is 0 Å². The highest BCUT2D eigenvalue weighted by molar-refractivity contribution is 5.75. The summed E-state index contributed by atoms with van der Waals surface area (Å²) in [5.74, 6) is 1.20. The largest absolute Gasteiger partial charge is 0.462 e. The van der Waals surface area contributed by atoms with Crippen LogP contribution in [0, 0.1) is 34.0 Å². The molecule has 3 saturated carbocycles. The predicted octanol–water partition coefficient (Wildman–Crippen LogP) is 4.41. The van der Waals surface area contributed by atoms with Gasteiger partial charge in [-0.3, -0.25) is 9.69 Å². The van der Waals surface area contributed by atoms with Crippen LogP contribution >= 0.6 is 0 Å². The fourth-order valence-electron chi connectivity index (χ4n) is 9.21. The van der Waals surface area contributed by atoms with Crippen molar-refractivity contribution >= 4 is 5.97 Å². The lowest BCUT2D eigenvalue weighted by molar-refractivity contribution is -0.147. The Morgan fingerprint density at radius 2 is 1.90 bits per heavy atom. The van der Waals surface area contributed by atoms with E-state index in [4.69, 9.17) is 9.47 Å². The van der Waals surface area contributed by atoms with E-state index in [2.05, 4.69) is 32.6 Å². The van der Waals surface area contributed by atoms with Crippen molar-refractivity contribution in [2.75, 3.05) is 19.7 Å². The molecule has 3 saturated heterocycles. The summed E-state index contributed by atoms with van der Waals surface area (Å²) in [5, 5.41) is 0. The minimum atomic E-state index is 0.0772. The fourth-order valence-corrected chi connectivity index (χ4v) is 9.21. The third-order valence-electron chi connectivity index (χ3n) is 10.0. The zero-order chi connectivity index (χ0) is 20.2. The molecule has 6 fully saturated rings. The van der Waals surface area contributed by atoms with Gasteiger partial charge in [0.2, 0.25) is 0 Å². The van der Waals surface area contributed by atoms with Gasteiger partial charge in [0.05, 0.1) is 18.1 Å². The first-order valence-corrected chi connectivity index (χ1v) is 12.2. The number of ether oxygens (including phenoxy) is 2. The molecule has 0 N–H and O–H groups in total. The lowest BCUT2D eigenvalue weighted by Crippen LogP contribution is -2.51. The lowest BCUT2D eigenvalue weighted by Gasteiger charge is -2.51. The molecule has 162 valence electrons. The molecule has 3 aliphatic carbocycles. The van der Waals surface area contributed by atoms with Crippen molar-refractivity contribution in [2.45, 2.75) is 96.8 Å². The van der Waals surface area contributed by atoms with Crippen molar-refractivity contribution in [3.63, 3.8) is 0 Å². The van der Waals surface area contributed by atoms with Crippen molar-refractivity contribution in [2.24, 2.45) is 34.0 Å². The standard InChI is InChI=1S/C25H39NO3/c1-22(2)9-16-10-23(3,13-22)14-26(16)12-18-17-8-20-24(4,11-19(17)29-21(18)27)6-5-7-25(20)15-28-25/h16-20H,5-15H2,1-4H3/t16-,17+,18+,19+,20-,23+,24+,25+/m0/s1. The average molecular weight is 402 g/mol. The highest BCUT2D eigenvalue weighted by Crippen LogP contribution is 2.63. The molecule has 0 amide bonds. The van der Waals surface area contributed by atoms with Crippen molar-refractivity contribution < 1.29 is 14.3 Å². The van der Waals surface area contributed by atoms with Gasteiger partial charge in [-0.05, 0) is 73.5 Å². The average Bonchev–Trinajstić information content (AvgIpc) is 3.23. The monoisotopic (exact) mass is 401 g/mol. The molecule has 0 aromatic heterocycles. The summed E-state index contributed by atoms with van der Waals surface area (Å²) in [7, 11) is 0. The maximum absolute atomic E-state index is 13.0. The second kappa shape index (κ2) is 5.79. The Hall–Kier alpha value is -0.610. The summed E-state index contributed by atoms with van der Waals surface area (Å²) >= 11 is 0. The molecule has 8 atom stereocenters. The summed E-state index contributed by atoms with van der Waals surface area (Å²) < 4.78 is 12.1. The number of carbonyl (C=O) groups is 1. The number of hydrogen-bond donors (Lipinski definition) is 0. The minimum Gasteiger partial charge on any atom is -0.462 e. The number of hydrogen-bond acceptors (Lipinski definition) is 4. The molecule has 2 bridgehead atoms. The Bertz CT molecular complexity index is 730. The van der Waals surface area contributed by atoms with Crippen LogP contribution in [0.3, 0.4) is 0 Å². The maximum Gasteiger partial charge on any atom is 0.310 e. The number of nitrogens with zero attached hydrogens (tertiary/aromatic N) is 1. The number of esters is 1. The van der Waals surface area contributed by atoms with Crippen molar-refractivity contribution in [1.29, 1.82) is 0 Å². The molecule has 6 rings (SSSR count). The van der Waals surface area contributed by atoms with Crippen LogP contribution in [-0.2, 0) is 14.3 Å². The Labute approximate surface area is 176 Å². The second-order valence-corrected chi connectivity index (χ2v) is 13.2. The van der Waals surface area contributed by atoms with E-state index in [1.54, 1.807) is 0 Å². The number of likely N-dealkylation sites (tertiary alicyclic amines) is 1. The first-order chi connectivity index (χ1) is 13.6. The molecule has 6 aliphatic rings. The van der Waals surface area contributed by atoms with Crippen LogP contribution in [0.15, 0.2) is 0 Å². The Kier molecular flexibility index (Phi) is 3.82. The van der Waals surface area contributed by atoms with Crippen LogP contribution in [-0.4, -0.2) is 48.3 Å². The summed E-state index contributed by atoms with van der Waals surface area (Å²) in [5.41, 5.74) is 1.30. The topological polar surface area (TPSA) is 42.1 Å². The van der Waals surface area contributed by atoms with E-state index in [-0.39, 0.29) is 23.6 Å². The molecule has 0 radical (unpaired) electrons. The highest BCUT2D eigenvalue weighted by atomic mass is 16.6. The van der Waals surface area contributed by atoms with Crippen LogP contribution < -0.4 is 0 Å². The fraction of sp³-hybridized carbons (Fsp3) is 0.960. The molecule has 0 unspecified atom stereocenters. The van der Waals surface area contributed by atoms with Gasteiger partial charge in [-0.15, -0.1) is 0 Å². The van der Waals surface area contributed by atoms with Crippen molar-refractivity contribution in [3.05, 3.63) is 0 Å². The molecular weight excluding hydrogens is 362 g/mol. The quantitative estimate of drug-likeness (QED) is 0.508. The van der Waals surface area contributed by atoms with E-state index in [1.807, 2.05) is 0 Å². The Balaban J connectivity index is 1.22. The number of carbonyl (C=O) groups excluding carboxylic acids is 1. The number of fused-ring (bicyclic) bond motifs is 5. The molecular formula is C25H39NO3. The SMILES string of the molecule is CC1(C)C[C@H]2C[C@@](C)(CN2C[C@H]2C(=O)O[C@@H]3C[C@@]4(C)CCC[C@@]5(CO5)[C@H]4C[C@@H]32)C1. The van der Waals surface area contributed by atoms with Crippen LogP contribution in [0.4, 0.5) is 0 Å². The Morgan fingerprint density at radius 1 is 1.10 bits per heavy atom. The maximum atomic E-state index is 13.0. The third kappa shape index (κ3) is 2.87. The van der Waals surface area contributed by atoms with Gasteiger partial charge >= 0.3 is 5.97 Å². The number of epoxide rings is 1.